The van der Waals surface area contributed by atoms with Crippen molar-refractivity contribution in [2.75, 3.05) is 20.1 Å². The highest BCUT2D eigenvalue weighted by Crippen LogP contribution is 2.18. The monoisotopic (exact) mass is 343 g/mol. The summed E-state index contributed by atoms with van der Waals surface area (Å²) in [4.78, 5) is 26.0. The second-order valence-electron chi connectivity index (χ2n) is 5.83. The Balaban J connectivity index is 1.46. The summed E-state index contributed by atoms with van der Waals surface area (Å²) in [5.74, 6) is 1.12. The van der Waals surface area contributed by atoms with Crippen molar-refractivity contribution in [2.45, 2.75) is 19.3 Å². The van der Waals surface area contributed by atoms with Gasteiger partial charge < -0.3 is 15.2 Å². The number of aromatic amines is 1. The lowest BCUT2D eigenvalue weighted by Crippen LogP contribution is -2.40. The number of likely N-dealkylation sites (N-methyl/N-ethyl adjacent to an activating group) is 1. The molecule has 1 atom stereocenters. The Morgan fingerprint density at radius 1 is 1.42 bits per heavy atom. The number of amides is 2. The summed E-state index contributed by atoms with van der Waals surface area (Å²) in [7, 11) is 1.81. The van der Waals surface area contributed by atoms with Gasteiger partial charge in [-0.25, -0.2) is 14.8 Å². The van der Waals surface area contributed by atoms with Crippen LogP contribution in [-0.2, 0) is 6.42 Å². The highest BCUT2D eigenvalue weighted by molar-refractivity contribution is 7.09. The van der Waals surface area contributed by atoms with Crippen LogP contribution in [0.3, 0.4) is 0 Å². The summed E-state index contributed by atoms with van der Waals surface area (Å²) >= 11 is 1.62. The number of carbonyl (C=O) groups is 1. The molecular formula is C17H21N5OS. The molecular weight excluding hydrogens is 322 g/mol. The van der Waals surface area contributed by atoms with Gasteiger partial charge in [-0.05, 0) is 12.1 Å². The average molecular weight is 343 g/mol. The molecule has 0 aliphatic heterocycles. The lowest BCUT2D eigenvalue weighted by Gasteiger charge is -2.20. The second-order valence-corrected chi connectivity index (χ2v) is 6.76. The lowest BCUT2D eigenvalue weighted by molar-refractivity contribution is 0.206. The Labute approximate surface area is 144 Å². The Morgan fingerprint density at radius 2 is 2.25 bits per heavy atom. The first-order valence-electron chi connectivity index (χ1n) is 7.95. The number of hydrogen-bond acceptors (Lipinski definition) is 4. The molecule has 126 valence electrons. The van der Waals surface area contributed by atoms with Crippen LogP contribution >= 0.6 is 11.3 Å². The third kappa shape index (κ3) is 3.91. The molecule has 0 unspecified atom stereocenters. The van der Waals surface area contributed by atoms with Crippen molar-refractivity contribution in [1.82, 2.24) is 25.2 Å². The van der Waals surface area contributed by atoms with Gasteiger partial charge in [0.1, 0.15) is 5.82 Å². The third-order valence-electron chi connectivity index (χ3n) is 3.84. The van der Waals surface area contributed by atoms with E-state index >= 15 is 0 Å². The Bertz CT molecular complexity index is 765. The minimum atomic E-state index is -0.0745. The predicted octanol–water partition coefficient (Wildman–Crippen LogP) is 3.01. The van der Waals surface area contributed by atoms with Crippen molar-refractivity contribution < 1.29 is 4.79 Å². The van der Waals surface area contributed by atoms with Crippen molar-refractivity contribution in [1.29, 1.82) is 0 Å². The summed E-state index contributed by atoms with van der Waals surface area (Å²) in [6.45, 7) is 3.27. The molecule has 2 aromatic heterocycles. The molecule has 2 amide bonds. The molecule has 6 nitrogen and oxygen atoms in total. The molecule has 0 fully saturated rings. The number of imidazole rings is 1. The van der Waals surface area contributed by atoms with E-state index in [1.807, 2.05) is 29.6 Å². The van der Waals surface area contributed by atoms with E-state index in [4.69, 9.17) is 0 Å². The summed E-state index contributed by atoms with van der Waals surface area (Å²) in [5, 5.41) is 5.95. The summed E-state index contributed by atoms with van der Waals surface area (Å²) in [6, 6.07) is 7.84. The minimum Gasteiger partial charge on any atom is -0.342 e. The van der Waals surface area contributed by atoms with Crippen molar-refractivity contribution in [2.24, 2.45) is 0 Å². The minimum absolute atomic E-state index is 0.0745. The fourth-order valence-corrected chi connectivity index (χ4v) is 3.29. The van der Waals surface area contributed by atoms with Crippen molar-refractivity contribution >= 4 is 28.4 Å². The predicted molar refractivity (Wildman–Crippen MR) is 96.4 cm³/mol. The van der Waals surface area contributed by atoms with Gasteiger partial charge in [0.15, 0.2) is 0 Å². The fraction of sp³-hybridized carbons (Fsp3) is 0.353. The Kier molecular flexibility index (Phi) is 5.10. The molecule has 3 aromatic rings. The molecule has 3 rings (SSSR count). The molecule has 0 saturated carbocycles. The molecule has 0 saturated heterocycles. The fourth-order valence-electron chi connectivity index (χ4n) is 2.60. The first kappa shape index (κ1) is 16.4. The van der Waals surface area contributed by atoms with Gasteiger partial charge in [0.25, 0.3) is 0 Å². The number of thiazole rings is 1. The van der Waals surface area contributed by atoms with Gasteiger partial charge in [-0.15, -0.1) is 11.3 Å². The Morgan fingerprint density at radius 3 is 3.00 bits per heavy atom. The number of nitrogens with one attached hydrogen (secondary N) is 2. The normalized spacial score (nSPS) is 12.2. The van der Waals surface area contributed by atoms with E-state index in [1.54, 1.807) is 29.5 Å². The highest BCUT2D eigenvalue weighted by Gasteiger charge is 2.15. The largest absolute Gasteiger partial charge is 0.342 e. The summed E-state index contributed by atoms with van der Waals surface area (Å²) in [6.07, 6.45) is 2.47. The van der Waals surface area contributed by atoms with Gasteiger partial charge in [-0.2, -0.15) is 0 Å². The highest BCUT2D eigenvalue weighted by atomic mass is 32.1. The quantitative estimate of drug-likeness (QED) is 0.722. The number of hydrogen-bond donors (Lipinski definition) is 2. The van der Waals surface area contributed by atoms with E-state index in [-0.39, 0.29) is 11.9 Å². The molecule has 0 aliphatic carbocycles. The molecule has 2 heterocycles. The van der Waals surface area contributed by atoms with Crippen LogP contribution in [0.15, 0.2) is 35.8 Å². The van der Waals surface area contributed by atoms with Crippen LogP contribution in [0.2, 0.25) is 0 Å². The molecule has 2 N–H and O–H groups in total. The summed E-state index contributed by atoms with van der Waals surface area (Å²) in [5.41, 5.74) is 1.97. The number of carbonyl (C=O) groups excluding carboxylic acids is 1. The molecule has 1 aromatic carbocycles. The van der Waals surface area contributed by atoms with Crippen molar-refractivity contribution in [3.8, 4) is 0 Å². The van der Waals surface area contributed by atoms with Crippen LogP contribution in [0, 0.1) is 0 Å². The molecule has 0 bridgehead atoms. The molecule has 24 heavy (non-hydrogen) atoms. The van der Waals surface area contributed by atoms with E-state index in [1.165, 1.54) is 0 Å². The number of benzene rings is 1. The summed E-state index contributed by atoms with van der Waals surface area (Å²) < 4.78 is 0. The van der Waals surface area contributed by atoms with Gasteiger partial charge in [-0.1, -0.05) is 19.1 Å². The smallest absolute Gasteiger partial charge is 0.317 e. The van der Waals surface area contributed by atoms with Crippen LogP contribution in [0.5, 0.6) is 0 Å². The van der Waals surface area contributed by atoms with Gasteiger partial charge in [0, 0.05) is 44.1 Å². The first-order chi connectivity index (χ1) is 11.6. The average Bonchev–Trinajstić information content (AvgIpc) is 3.23. The zero-order valence-electron chi connectivity index (χ0n) is 13.8. The maximum absolute atomic E-state index is 12.2. The number of H-pyrrole nitrogens is 1. The van der Waals surface area contributed by atoms with E-state index < -0.39 is 0 Å². The maximum Gasteiger partial charge on any atom is 0.317 e. The van der Waals surface area contributed by atoms with Gasteiger partial charge in [-0.3, -0.25) is 0 Å². The molecule has 7 heteroatoms. The molecule has 0 spiro atoms. The van der Waals surface area contributed by atoms with Crippen molar-refractivity contribution in [3.63, 3.8) is 0 Å². The van der Waals surface area contributed by atoms with Crippen LogP contribution in [-0.4, -0.2) is 46.0 Å². The van der Waals surface area contributed by atoms with Gasteiger partial charge >= 0.3 is 6.03 Å². The number of urea groups is 1. The van der Waals surface area contributed by atoms with Crippen LogP contribution in [0.25, 0.3) is 11.0 Å². The zero-order chi connectivity index (χ0) is 16.9. The maximum atomic E-state index is 12.2. The van der Waals surface area contributed by atoms with Crippen LogP contribution in [0.1, 0.15) is 23.7 Å². The van der Waals surface area contributed by atoms with Crippen LogP contribution in [0.4, 0.5) is 4.79 Å². The van der Waals surface area contributed by atoms with E-state index in [0.29, 0.717) is 19.5 Å². The number of para-hydroxylation sites is 2. The first-order valence-corrected chi connectivity index (χ1v) is 8.83. The Hall–Kier alpha value is -2.41. The van der Waals surface area contributed by atoms with Crippen molar-refractivity contribution in [3.05, 3.63) is 46.7 Å². The van der Waals surface area contributed by atoms with E-state index in [0.717, 1.165) is 21.9 Å². The zero-order valence-corrected chi connectivity index (χ0v) is 14.6. The topological polar surface area (TPSA) is 73.9 Å². The second kappa shape index (κ2) is 7.44. The number of nitrogens with zero attached hydrogens (tertiary/aromatic N) is 3. The number of aromatic nitrogens is 3. The number of rotatable bonds is 6. The lowest BCUT2D eigenvalue weighted by atomic mass is 10.2. The SMILES string of the molecule is C[C@H](CN(C)C(=O)NCCc1nc2ccccc2[nH]1)c1nccs1. The van der Waals surface area contributed by atoms with Gasteiger partial charge in [0.2, 0.25) is 0 Å². The number of fused-ring (bicyclic) bond motifs is 1. The van der Waals surface area contributed by atoms with E-state index in [2.05, 4.69) is 27.2 Å². The standard InChI is InChI=1S/C17H21N5OS/c1-12(16-18-9-10-24-16)11-22(2)17(23)19-8-7-15-20-13-5-3-4-6-14(13)21-15/h3-6,9-10,12H,7-8,11H2,1-2H3,(H,19,23)(H,20,21)/t12-/m1/s1. The van der Waals surface area contributed by atoms with Gasteiger partial charge in [0.05, 0.1) is 16.0 Å². The van der Waals surface area contributed by atoms with E-state index in [9.17, 15) is 4.79 Å². The molecule has 0 radical (unpaired) electrons. The molecule has 0 aliphatic rings. The van der Waals surface area contributed by atoms with Crippen LogP contribution < -0.4 is 5.32 Å². The third-order valence-corrected chi connectivity index (χ3v) is 4.85.